The van der Waals surface area contributed by atoms with Crippen LogP contribution in [0.1, 0.15) is 18.1 Å². The number of anilines is 1. The first-order chi connectivity index (χ1) is 7.70. The van der Waals surface area contributed by atoms with Crippen LogP contribution in [0.3, 0.4) is 0 Å². The maximum Gasteiger partial charge on any atom is 0.122 e. The smallest absolute Gasteiger partial charge is 0.122 e. The van der Waals surface area contributed by atoms with Crippen LogP contribution >= 0.6 is 0 Å². The highest BCUT2D eigenvalue weighted by atomic mass is 16.5. The number of nitrogens with one attached hydrogen (secondary N) is 2. The number of likely N-dealkylation sites (N-methyl/N-ethyl adjacent to an activating group) is 1. The van der Waals surface area contributed by atoms with Crippen molar-refractivity contribution in [2.75, 3.05) is 32.1 Å². The Balaban J connectivity index is 2.64. The van der Waals surface area contributed by atoms with Crippen LogP contribution < -0.4 is 15.4 Å². The first kappa shape index (κ1) is 12.8. The van der Waals surface area contributed by atoms with Gasteiger partial charge in [0, 0.05) is 18.8 Å². The van der Waals surface area contributed by atoms with Crippen LogP contribution in [-0.4, -0.2) is 26.7 Å². The van der Waals surface area contributed by atoms with E-state index in [-0.39, 0.29) is 0 Å². The number of hydrogen-bond acceptors (Lipinski definition) is 3. The van der Waals surface area contributed by atoms with Gasteiger partial charge in [-0.05, 0) is 43.7 Å². The normalized spacial score (nSPS) is 10.2. The quantitative estimate of drug-likeness (QED) is 0.725. The Kier molecular flexibility index (Phi) is 5.12. The molecule has 0 fully saturated rings. The first-order valence-electron chi connectivity index (χ1n) is 5.79. The van der Waals surface area contributed by atoms with Gasteiger partial charge in [0.2, 0.25) is 0 Å². The van der Waals surface area contributed by atoms with E-state index >= 15 is 0 Å². The minimum Gasteiger partial charge on any atom is -0.496 e. The Morgan fingerprint density at radius 1 is 1.12 bits per heavy atom. The molecule has 1 rings (SSSR count). The first-order valence-corrected chi connectivity index (χ1v) is 5.79. The third-order valence-electron chi connectivity index (χ3n) is 2.82. The van der Waals surface area contributed by atoms with E-state index in [2.05, 4.69) is 37.5 Å². The van der Waals surface area contributed by atoms with Crippen molar-refractivity contribution >= 4 is 5.69 Å². The van der Waals surface area contributed by atoms with E-state index < -0.39 is 0 Å². The zero-order valence-corrected chi connectivity index (χ0v) is 10.7. The maximum absolute atomic E-state index is 5.28. The number of rotatable bonds is 6. The van der Waals surface area contributed by atoms with Crippen molar-refractivity contribution in [2.45, 2.75) is 20.8 Å². The minimum absolute atomic E-state index is 0.945. The molecule has 0 radical (unpaired) electrons. The molecule has 0 unspecified atom stereocenters. The third-order valence-corrected chi connectivity index (χ3v) is 2.82. The Labute approximate surface area is 98.2 Å². The SMILES string of the molecule is CCNCCNc1ccc(OC)c(C)c1C. The molecular formula is C13H22N2O. The fourth-order valence-corrected chi connectivity index (χ4v) is 1.67. The Morgan fingerprint density at radius 2 is 1.88 bits per heavy atom. The second-order valence-corrected chi connectivity index (χ2v) is 3.85. The van der Waals surface area contributed by atoms with Crippen LogP contribution in [-0.2, 0) is 0 Å². The summed E-state index contributed by atoms with van der Waals surface area (Å²) in [6, 6.07) is 4.09. The van der Waals surface area contributed by atoms with Crippen molar-refractivity contribution in [2.24, 2.45) is 0 Å². The van der Waals surface area contributed by atoms with E-state index in [1.54, 1.807) is 7.11 Å². The second kappa shape index (κ2) is 6.38. The van der Waals surface area contributed by atoms with Crippen LogP contribution in [0.15, 0.2) is 12.1 Å². The molecule has 0 aromatic heterocycles. The number of benzene rings is 1. The zero-order chi connectivity index (χ0) is 12.0. The van der Waals surface area contributed by atoms with Crippen LogP contribution in [0, 0.1) is 13.8 Å². The van der Waals surface area contributed by atoms with Crippen molar-refractivity contribution in [1.82, 2.24) is 5.32 Å². The lowest BCUT2D eigenvalue weighted by Crippen LogP contribution is -2.21. The fraction of sp³-hybridized carbons (Fsp3) is 0.538. The molecule has 0 amide bonds. The highest BCUT2D eigenvalue weighted by Gasteiger charge is 2.05. The topological polar surface area (TPSA) is 33.3 Å². The number of hydrogen-bond donors (Lipinski definition) is 2. The molecule has 3 nitrogen and oxygen atoms in total. The lowest BCUT2D eigenvalue weighted by molar-refractivity contribution is 0.411. The molecule has 16 heavy (non-hydrogen) atoms. The molecule has 3 heteroatoms. The zero-order valence-electron chi connectivity index (χ0n) is 10.7. The summed E-state index contributed by atoms with van der Waals surface area (Å²) < 4.78 is 5.28. The predicted molar refractivity (Wildman–Crippen MR) is 69.5 cm³/mol. The summed E-state index contributed by atoms with van der Waals surface area (Å²) in [6.45, 7) is 9.27. The van der Waals surface area contributed by atoms with Gasteiger partial charge in [0.05, 0.1) is 7.11 Å². The molecule has 0 atom stereocenters. The number of ether oxygens (including phenoxy) is 1. The van der Waals surface area contributed by atoms with Crippen molar-refractivity contribution in [3.8, 4) is 5.75 Å². The molecule has 0 aliphatic heterocycles. The standard InChI is InChI=1S/C13H22N2O/c1-5-14-8-9-15-12-6-7-13(16-4)11(3)10(12)2/h6-7,14-15H,5,8-9H2,1-4H3. The van der Waals surface area contributed by atoms with Gasteiger partial charge in [-0.3, -0.25) is 0 Å². The highest BCUT2D eigenvalue weighted by Crippen LogP contribution is 2.26. The summed E-state index contributed by atoms with van der Waals surface area (Å²) in [5, 5.41) is 6.71. The largest absolute Gasteiger partial charge is 0.496 e. The van der Waals surface area contributed by atoms with Crippen molar-refractivity contribution in [3.63, 3.8) is 0 Å². The van der Waals surface area contributed by atoms with E-state index in [0.717, 1.165) is 25.4 Å². The van der Waals surface area contributed by atoms with E-state index in [9.17, 15) is 0 Å². The number of methoxy groups -OCH3 is 1. The van der Waals surface area contributed by atoms with Crippen LogP contribution in [0.5, 0.6) is 5.75 Å². The van der Waals surface area contributed by atoms with E-state index in [0.29, 0.717) is 0 Å². The summed E-state index contributed by atoms with van der Waals surface area (Å²) in [7, 11) is 1.71. The van der Waals surface area contributed by atoms with E-state index in [1.165, 1.54) is 16.8 Å². The summed E-state index contributed by atoms with van der Waals surface area (Å²) >= 11 is 0. The molecule has 1 aromatic carbocycles. The average molecular weight is 222 g/mol. The van der Waals surface area contributed by atoms with Gasteiger partial charge in [0.25, 0.3) is 0 Å². The second-order valence-electron chi connectivity index (χ2n) is 3.85. The predicted octanol–water partition coefficient (Wildman–Crippen LogP) is 2.33. The van der Waals surface area contributed by atoms with E-state index in [4.69, 9.17) is 4.74 Å². The lowest BCUT2D eigenvalue weighted by atomic mass is 10.1. The highest BCUT2D eigenvalue weighted by molar-refractivity contribution is 5.58. The van der Waals surface area contributed by atoms with Gasteiger partial charge in [0.1, 0.15) is 5.75 Å². The summed E-state index contributed by atoms with van der Waals surface area (Å²) in [5.41, 5.74) is 3.66. The molecule has 0 spiro atoms. The molecule has 0 bridgehead atoms. The van der Waals surface area contributed by atoms with Crippen molar-refractivity contribution < 1.29 is 4.74 Å². The molecule has 0 aliphatic carbocycles. The van der Waals surface area contributed by atoms with Gasteiger partial charge in [0.15, 0.2) is 0 Å². The Morgan fingerprint density at radius 3 is 2.50 bits per heavy atom. The molecule has 2 N–H and O–H groups in total. The van der Waals surface area contributed by atoms with Crippen LogP contribution in [0.2, 0.25) is 0 Å². The van der Waals surface area contributed by atoms with E-state index in [1.807, 2.05) is 6.07 Å². The average Bonchev–Trinajstić information content (AvgIpc) is 2.30. The summed E-state index contributed by atoms with van der Waals surface area (Å²) in [6.07, 6.45) is 0. The Bertz CT molecular complexity index is 337. The van der Waals surface area contributed by atoms with Gasteiger partial charge in [-0.1, -0.05) is 6.92 Å². The lowest BCUT2D eigenvalue weighted by Gasteiger charge is -2.14. The van der Waals surface area contributed by atoms with Crippen molar-refractivity contribution in [3.05, 3.63) is 23.3 Å². The fourth-order valence-electron chi connectivity index (χ4n) is 1.67. The molecule has 0 heterocycles. The molecule has 90 valence electrons. The molecule has 1 aromatic rings. The monoisotopic (exact) mass is 222 g/mol. The van der Waals surface area contributed by atoms with Gasteiger partial charge in [-0.2, -0.15) is 0 Å². The van der Waals surface area contributed by atoms with Crippen LogP contribution in [0.4, 0.5) is 5.69 Å². The molecule has 0 saturated heterocycles. The maximum atomic E-state index is 5.28. The van der Waals surface area contributed by atoms with Gasteiger partial charge in [-0.15, -0.1) is 0 Å². The molecule has 0 aliphatic rings. The van der Waals surface area contributed by atoms with Gasteiger partial charge >= 0.3 is 0 Å². The Hall–Kier alpha value is -1.22. The third kappa shape index (κ3) is 3.14. The van der Waals surface area contributed by atoms with Crippen LogP contribution in [0.25, 0.3) is 0 Å². The summed E-state index contributed by atoms with van der Waals surface area (Å²) in [5.74, 6) is 0.953. The molecule has 0 saturated carbocycles. The van der Waals surface area contributed by atoms with Gasteiger partial charge in [-0.25, -0.2) is 0 Å². The van der Waals surface area contributed by atoms with Gasteiger partial charge < -0.3 is 15.4 Å². The van der Waals surface area contributed by atoms with Crippen molar-refractivity contribution in [1.29, 1.82) is 0 Å². The summed E-state index contributed by atoms with van der Waals surface area (Å²) in [4.78, 5) is 0. The molecular weight excluding hydrogens is 200 g/mol. The minimum atomic E-state index is 0.945.